The van der Waals surface area contributed by atoms with Crippen LogP contribution in [0.1, 0.15) is 39.0 Å². The zero-order valence-electron chi connectivity index (χ0n) is 8.50. The van der Waals surface area contributed by atoms with Gasteiger partial charge in [0.25, 0.3) is 0 Å². The summed E-state index contributed by atoms with van der Waals surface area (Å²) in [6, 6.07) is 0. The smallest absolute Gasteiger partial charge is 0.0571 e. The van der Waals surface area contributed by atoms with E-state index in [0.29, 0.717) is 5.92 Å². The molecule has 3 unspecified atom stereocenters. The summed E-state index contributed by atoms with van der Waals surface area (Å²) in [7, 11) is 0. The lowest BCUT2D eigenvalue weighted by molar-refractivity contribution is 0.0956. The van der Waals surface area contributed by atoms with Gasteiger partial charge in [0, 0.05) is 0 Å². The molecule has 0 bridgehead atoms. The Morgan fingerprint density at radius 3 is 2.54 bits per heavy atom. The van der Waals surface area contributed by atoms with Crippen molar-refractivity contribution in [2.24, 2.45) is 17.8 Å². The van der Waals surface area contributed by atoms with Gasteiger partial charge in [0.2, 0.25) is 0 Å². The van der Waals surface area contributed by atoms with Gasteiger partial charge in [-0.3, -0.25) is 0 Å². The molecule has 13 heavy (non-hydrogen) atoms. The summed E-state index contributed by atoms with van der Waals surface area (Å²) in [5, 5.41) is 9.90. The number of fused-ring (bicyclic) bond motifs is 1. The maximum absolute atomic E-state index is 9.90. The van der Waals surface area contributed by atoms with E-state index in [0.717, 1.165) is 24.7 Å². The van der Waals surface area contributed by atoms with Crippen LogP contribution in [0, 0.1) is 17.8 Å². The van der Waals surface area contributed by atoms with Gasteiger partial charge in [0.05, 0.1) is 6.10 Å². The molecule has 2 saturated carbocycles. The summed E-state index contributed by atoms with van der Waals surface area (Å²) in [4.78, 5) is 0. The summed E-state index contributed by atoms with van der Waals surface area (Å²) in [6.07, 6.45) is 5.91. The fourth-order valence-electron chi connectivity index (χ4n) is 2.71. The van der Waals surface area contributed by atoms with Gasteiger partial charge in [-0.2, -0.15) is 0 Å². The SMILES string of the molecule is C=C(C)CCC(O)C1CC2CC2C1. The van der Waals surface area contributed by atoms with E-state index in [1.54, 1.807) is 0 Å². The Bertz CT molecular complexity index is 199. The van der Waals surface area contributed by atoms with Crippen LogP contribution < -0.4 is 0 Å². The van der Waals surface area contributed by atoms with E-state index >= 15 is 0 Å². The average Bonchev–Trinajstić information content (AvgIpc) is 2.69. The van der Waals surface area contributed by atoms with Crippen LogP contribution in [0.2, 0.25) is 0 Å². The van der Waals surface area contributed by atoms with Crippen LogP contribution in [0.15, 0.2) is 12.2 Å². The molecule has 0 radical (unpaired) electrons. The van der Waals surface area contributed by atoms with Crippen molar-refractivity contribution in [3.63, 3.8) is 0 Å². The predicted octanol–water partition coefficient (Wildman–Crippen LogP) is 2.75. The Morgan fingerprint density at radius 1 is 1.38 bits per heavy atom. The van der Waals surface area contributed by atoms with E-state index in [2.05, 4.69) is 6.58 Å². The molecular weight excluding hydrogens is 160 g/mol. The first-order valence-corrected chi connectivity index (χ1v) is 5.49. The number of rotatable bonds is 4. The molecule has 1 nitrogen and oxygen atoms in total. The molecule has 0 spiro atoms. The molecule has 0 aromatic carbocycles. The van der Waals surface area contributed by atoms with Crippen molar-refractivity contribution in [2.75, 3.05) is 0 Å². The molecule has 2 aliphatic carbocycles. The number of allylic oxidation sites excluding steroid dienone is 1. The number of aliphatic hydroxyl groups is 1. The van der Waals surface area contributed by atoms with Gasteiger partial charge in [-0.05, 0) is 56.8 Å². The topological polar surface area (TPSA) is 20.2 Å². The molecule has 0 saturated heterocycles. The molecule has 0 aromatic heterocycles. The highest BCUT2D eigenvalue weighted by atomic mass is 16.3. The highest BCUT2D eigenvalue weighted by molar-refractivity contribution is 4.98. The minimum atomic E-state index is -0.0514. The van der Waals surface area contributed by atoms with Gasteiger partial charge in [0.1, 0.15) is 0 Å². The van der Waals surface area contributed by atoms with Gasteiger partial charge in [0.15, 0.2) is 0 Å². The van der Waals surface area contributed by atoms with Gasteiger partial charge in [-0.25, -0.2) is 0 Å². The Hall–Kier alpha value is -0.300. The Kier molecular flexibility index (Phi) is 2.46. The Labute approximate surface area is 80.8 Å². The quantitative estimate of drug-likeness (QED) is 0.659. The highest BCUT2D eigenvalue weighted by Crippen LogP contribution is 2.55. The van der Waals surface area contributed by atoms with E-state index in [1.165, 1.54) is 24.8 Å². The molecule has 1 heteroatoms. The van der Waals surface area contributed by atoms with Crippen LogP contribution in [0.4, 0.5) is 0 Å². The second-order valence-corrected chi connectivity index (χ2v) is 5.05. The monoisotopic (exact) mass is 180 g/mol. The Morgan fingerprint density at radius 2 is 2.00 bits per heavy atom. The minimum Gasteiger partial charge on any atom is -0.393 e. The van der Waals surface area contributed by atoms with Crippen LogP contribution in [0.3, 0.4) is 0 Å². The first-order valence-electron chi connectivity index (χ1n) is 5.49. The fourth-order valence-corrected chi connectivity index (χ4v) is 2.71. The molecule has 0 aromatic rings. The summed E-state index contributed by atoms with van der Waals surface area (Å²) in [5.74, 6) is 2.59. The summed E-state index contributed by atoms with van der Waals surface area (Å²) < 4.78 is 0. The maximum atomic E-state index is 9.90. The minimum absolute atomic E-state index is 0.0514. The molecule has 0 amide bonds. The molecule has 0 heterocycles. The molecule has 1 N–H and O–H groups in total. The van der Waals surface area contributed by atoms with Crippen molar-refractivity contribution in [1.29, 1.82) is 0 Å². The number of hydrogen-bond acceptors (Lipinski definition) is 1. The van der Waals surface area contributed by atoms with Crippen LogP contribution in [-0.2, 0) is 0 Å². The van der Waals surface area contributed by atoms with E-state index < -0.39 is 0 Å². The predicted molar refractivity (Wildman–Crippen MR) is 54.4 cm³/mol. The summed E-state index contributed by atoms with van der Waals surface area (Å²) in [5.41, 5.74) is 1.20. The van der Waals surface area contributed by atoms with Gasteiger partial charge < -0.3 is 5.11 Å². The lowest BCUT2D eigenvalue weighted by Gasteiger charge is -2.19. The number of hydrogen-bond donors (Lipinski definition) is 1. The first-order chi connectivity index (χ1) is 6.16. The second-order valence-electron chi connectivity index (χ2n) is 5.05. The zero-order valence-corrected chi connectivity index (χ0v) is 8.50. The lowest BCUT2D eigenvalue weighted by atomic mass is 9.93. The van der Waals surface area contributed by atoms with Gasteiger partial charge in [-0.1, -0.05) is 5.57 Å². The van der Waals surface area contributed by atoms with Crippen molar-refractivity contribution < 1.29 is 5.11 Å². The molecular formula is C12H20O. The zero-order chi connectivity index (χ0) is 9.42. The normalized spacial score (nSPS) is 38.5. The molecule has 2 fully saturated rings. The molecule has 3 atom stereocenters. The van der Waals surface area contributed by atoms with E-state index in [1.807, 2.05) is 6.92 Å². The highest BCUT2D eigenvalue weighted by Gasteiger charge is 2.47. The van der Waals surface area contributed by atoms with E-state index in [-0.39, 0.29) is 6.10 Å². The summed E-state index contributed by atoms with van der Waals surface area (Å²) in [6.45, 7) is 5.91. The molecule has 0 aliphatic heterocycles. The van der Waals surface area contributed by atoms with E-state index in [9.17, 15) is 5.11 Å². The third-order valence-corrected chi connectivity index (χ3v) is 3.69. The van der Waals surface area contributed by atoms with Crippen LogP contribution >= 0.6 is 0 Å². The third kappa shape index (κ3) is 2.14. The van der Waals surface area contributed by atoms with Crippen molar-refractivity contribution in [2.45, 2.75) is 45.1 Å². The third-order valence-electron chi connectivity index (χ3n) is 3.69. The number of aliphatic hydroxyl groups excluding tert-OH is 1. The second kappa shape index (κ2) is 3.45. The average molecular weight is 180 g/mol. The van der Waals surface area contributed by atoms with Crippen LogP contribution in [-0.4, -0.2) is 11.2 Å². The van der Waals surface area contributed by atoms with Crippen LogP contribution in [0.25, 0.3) is 0 Å². The van der Waals surface area contributed by atoms with Crippen molar-refractivity contribution in [1.82, 2.24) is 0 Å². The molecule has 2 aliphatic rings. The summed E-state index contributed by atoms with van der Waals surface area (Å²) >= 11 is 0. The molecule has 74 valence electrons. The molecule has 2 rings (SSSR count). The van der Waals surface area contributed by atoms with Gasteiger partial charge >= 0.3 is 0 Å². The lowest BCUT2D eigenvalue weighted by Crippen LogP contribution is -2.18. The Balaban J connectivity index is 1.71. The van der Waals surface area contributed by atoms with Crippen molar-refractivity contribution in [3.05, 3.63) is 12.2 Å². The van der Waals surface area contributed by atoms with Crippen LogP contribution in [0.5, 0.6) is 0 Å². The van der Waals surface area contributed by atoms with Crippen molar-refractivity contribution in [3.8, 4) is 0 Å². The fraction of sp³-hybridized carbons (Fsp3) is 0.833. The first kappa shape index (κ1) is 9.26. The van der Waals surface area contributed by atoms with E-state index in [4.69, 9.17) is 0 Å². The maximum Gasteiger partial charge on any atom is 0.0571 e. The largest absolute Gasteiger partial charge is 0.393 e. The van der Waals surface area contributed by atoms with Crippen molar-refractivity contribution >= 4 is 0 Å². The standard InChI is InChI=1S/C12H20O/c1-8(2)3-4-12(13)11-6-9-5-10(9)7-11/h9-13H,1,3-7H2,2H3. The van der Waals surface area contributed by atoms with Gasteiger partial charge in [-0.15, -0.1) is 6.58 Å².